The van der Waals surface area contributed by atoms with Crippen molar-refractivity contribution in [3.8, 4) is 0 Å². The van der Waals surface area contributed by atoms with Gasteiger partial charge < -0.3 is 21.3 Å². The summed E-state index contributed by atoms with van der Waals surface area (Å²) in [6.45, 7) is 1.98. The van der Waals surface area contributed by atoms with Crippen molar-refractivity contribution in [2.45, 2.75) is 13.5 Å². The molecule has 6 heteroatoms. The number of aliphatic carboxylic acids is 1. The monoisotopic (exact) mass is 254 g/mol. The molecule has 0 aliphatic carbocycles. The summed E-state index contributed by atoms with van der Waals surface area (Å²) in [5.41, 5.74) is 6.62. The van der Waals surface area contributed by atoms with Crippen LogP contribution >= 0.6 is 0 Å². The Kier molecular flexibility index (Phi) is 8.17. The van der Waals surface area contributed by atoms with E-state index in [4.69, 9.17) is 20.7 Å². The van der Waals surface area contributed by atoms with E-state index < -0.39 is 5.97 Å². The Hall–Kier alpha value is -1.92. The molecular weight excluding hydrogens is 236 g/mol. The van der Waals surface area contributed by atoms with Gasteiger partial charge in [-0.15, -0.1) is 0 Å². The number of carbonyl (C=O) groups excluding carboxylic acids is 1. The standard InChI is InChI=1S/C10H14N2O2.C2H4O2/c11-5-6-12-10(14)9-3-1-8(7-13)2-4-9;1-2(3)4/h1-4,13H,5-7,11H2,(H,12,14);1H3,(H,3,4). The van der Waals surface area contributed by atoms with Crippen LogP contribution in [-0.2, 0) is 11.4 Å². The number of carbonyl (C=O) groups is 2. The van der Waals surface area contributed by atoms with Crippen molar-refractivity contribution in [3.63, 3.8) is 0 Å². The number of rotatable bonds is 4. The Labute approximate surface area is 105 Å². The first-order chi connectivity index (χ1) is 8.51. The smallest absolute Gasteiger partial charge is 0.300 e. The first-order valence-electron chi connectivity index (χ1n) is 5.38. The second kappa shape index (κ2) is 9.15. The summed E-state index contributed by atoms with van der Waals surface area (Å²) >= 11 is 0. The molecular formula is C12H18N2O4. The molecule has 0 atom stereocenters. The number of benzene rings is 1. The van der Waals surface area contributed by atoms with E-state index in [1.165, 1.54) is 0 Å². The lowest BCUT2D eigenvalue weighted by Gasteiger charge is -2.03. The van der Waals surface area contributed by atoms with Crippen molar-refractivity contribution in [2.75, 3.05) is 13.1 Å². The van der Waals surface area contributed by atoms with Crippen molar-refractivity contribution >= 4 is 11.9 Å². The van der Waals surface area contributed by atoms with Crippen LogP contribution in [0, 0.1) is 0 Å². The van der Waals surface area contributed by atoms with Gasteiger partial charge in [-0.3, -0.25) is 9.59 Å². The van der Waals surface area contributed by atoms with Gasteiger partial charge >= 0.3 is 0 Å². The van der Waals surface area contributed by atoms with Crippen molar-refractivity contribution in [2.24, 2.45) is 5.73 Å². The summed E-state index contributed by atoms with van der Waals surface area (Å²) in [6.07, 6.45) is 0. The van der Waals surface area contributed by atoms with E-state index in [1.807, 2.05) is 0 Å². The fourth-order valence-electron chi connectivity index (χ4n) is 1.05. The van der Waals surface area contributed by atoms with Gasteiger partial charge in [-0.05, 0) is 17.7 Å². The Balaban J connectivity index is 0.000000631. The molecule has 0 heterocycles. The second-order valence-corrected chi connectivity index (χ2v) is 3.42. The number of aliphatic hydroxyl groups is 1. The molecule has 0 fully saturated rings. The Morgan fingerprint density at radius 3 is 2.17 bits per heavy atom. The molecule has 0 saturated carbocycles. The minimum atomic E-state index is -0.833. The molecule has 0 aromatic heterocycles. The molecule has 0 aliphatic rings. The molecule has 0 aliphatic heterocycles. The number of nitrogens with one attached hydrogen (secondary N) is 1. The summed E-state index contributed by atoms with van der Waals surface area (Å²) in [7, 11) is 0. The lowest BCUT2D eigenvalue weighted by atomic mass is 10.1. The molecule has 18 heavy (non-hydrogen) atoms. The topological polar surface area (TPSA) is 113 Å². The Bertz CT molecular complexity index is 372. The molecule has 100 valence electrons. The fraction of sp³-hybridized carbons (Fsp3) is 0.333. The average Bonchev–Trinajstić information content (AvgIpc) is 2.35. The molecule has 0 saturated heterocycles. The summed E-state index contributed by atoms with van der Waals surface area (Å²) in [6, 6.07) is 6.80. The highest BCUT2D eigenvalue weighted by Gasteiger charge is 2.03. The average molecular weight is 254 g/mol. The zero-order chi connectivity index (χ0) is 14.0. The predicted octanol–water partition coefficient (Wildman–Crippen LogP) is -0.0417. The molecule has 0 unspecified atom stereocenters. The first-order valence-corrected chi connectivity index (χ1v) is 5.38. The zero-order valence-corrected chi connectivity index (χ0v) is 10.2. The van der Waals surface area contributed by atoms with Crippen LogP contribution in [0.25, 0.3) is 0 Å². The van der Waals surface area contributed by atoms with Gasteiger partial charge in [-0.1, -0.05) is 12.1 Å². The van der Waals surface area contributed by atoms with E-state index in [-0.39, 0.29) is 12.5 Å². The highest BCUT2D eigenvalue weighted by atomic mass is 16.4. The van der Waals surface area contributed by atoms with Gasteiger partial charge in [0, 0.05) is 25.6 Å². The van der Waals surface area contributed by atoms with Crippen molar-refractivity contribution in [3.05, 3.63) is 35.4 Å². The number of carboxylic acid groups (broad SMARTS) is 1. The van der Waals surface area contributed by atoms with Gasteiger partial charge in [-0.25, -0.2) is 0 Å². The van der Waals surface area contributed by atoms with Gasteiger partial charge in [-0.2, -0.15) is 0 Å². The Morgan fingerprint density at radius 2 is 1.78 bits per heavy atom. The van der Waals surface area contributed by atoms with E-state index in [2.05, 4.69) is 5.32 Å². The third-order valence-corrected chi connectivity index (χ3v) is 1.83. The normalized spacial score (nSPS) is 9.06. The van der Waals surface area contributed by atoms with Crippen molar-refractivity contribution in [1.29, 1.82) is 0 Å². The fourth-order valence-corrected chi connectivity index (χ4v) is 1.05. The van der Waals surface area contributed by atoms with Gasteiger partial charge in [0.1, 0.15) is 0 Å². The van der Waals surface area contributed by atoms with Crippen LogP contribution in [0.5, 0.6) is 0 Å². The summed E-state index contributed by atoms with van der Waals surface area (Å²) in [5, 5.41) is 18.9. The largest absolute Gasteiger partial charge is 0.481 e. The third-order valence-electron chi connectivity index (χ3n) is 1.83. The number of nitrogens with two attached hydrogens (primary N) is 1. The van der Waals surface area contributed by atoms with E-state index in [0.29, 0.717) is 18.7 Å². The molecule has 0 spiro atoms. The highest BCUT2D eigenvalue weighted by molar-refractivity contribution is 5.94. The summed E-state index contributed by atoms with van der Waals surface area (Å²) in [4.78, 5) is 20.4. The number of aliphatic hydroxyl groups excluding tert-OH is 1. The maximum Gasteiger partial charge on any atom is 0.300 e. The minimum Gasteiger partial charge on any atom is -0.481 e. The number of hydrogen-bond acceptors (Lipinski definition) is 4. The molecule has 0 bridgehead atoms. The van der Waals surface area contributed by atoms with E-state index in [9.17, 15) is 4.79 Å². The third kappa shape index (κ3) is 7.37. The highest BCUT2D eigenvalue weighted by Crippen LogP contribution is 2.03. The number of carboxylic acids is 1. The van der Waals surface area contributed by atoms with Crippen molar-refractivity contribution in [1.82, 2.24) is 5.32 Å². The van der Waals surface area contributed by atoms with E-state index >= 15 is 0 Å². The molecule has 1 aromatic rings. The maximum absolute atomic E-state index is 11.4. The van der Waals surface area contributed by atoms with E-state index in [0.717, 1.165) is 12.5 Å². The number of hydrogen-bond donors (Lipinski definition) is 4. The van der Waals surface area contributed by atoms with Gasteiger partial charge in [0.25, 0.3) is 11.9 Å². The molecule has 1 rings (SSSR count). The first kappa shape index (κ1) is 16.1. The summed E-state index contributed by atoms with van der Waals surface area (Å²) < 4.78 is 0. The van der Waals surface area contributed by atoms with Crippen LogP contribution in [0.1, 0.15) is 22.8 Å². The minimum absolute atomic E-state index is 0.00923. The van der Waals surface area contributed by atoms with Crippen LogP contribution in [-0.4, -0.2) is 35.2 Å². The second-order valence-electron chi connectivity index (χ2n) is 3.42. The molecule has 0 radical (unpaired) electrons. The van der Waals surface area contributed by atoms with Gasteiger partial charge in [0.05, 0.1) is 6.61 Å². The lowest BCUT2D eigenvalue weighted by molar-refractivity contribution is -0.134. The van der Waals surface area contributed by atoms with Gasteiger partial charge in [0.2, 0.25) is 0 Å². The van der Waals surface area contributed by atoms with Crippen LogP contribution < -0.4 is 11.1 Å². The number of amides is 1. The SMILES string of the molecule is CC(=O)O.NCCNC(=O)c1ccc(CO)cc1. The molecule has 1 aromatic carbocycles. The zero-order valence-electron chi connectivity index (χ0n) is 10.2. The van der Waals surface area contributed by atoms with Crippen LogP contribution in [0.3, 0.4) is 0 Å². The molecule has 6 nitrogen and oxygen atoms in total. The van der Waals surface area contributed by atoms with Gasteiger partial charge in [0.15, 0.2) is 0 Å². The van der Waals surface area contributed by atoms with Crippen LogP contribution in [0.15, 0.2) is 24.3 Å². The Morgan fingerprint density at radius 1 is 1.28 bits per heavy atom. The quantitative estimate of drug-likeness (QED) is 0.602. The van der Waals surface area contributed by atoms with Crippen molar-refractivity contribution < 1.29 is 19.8 Å². The van der Waals surface area contributed by atoms with Crippen LogP contribution in [0.4, 0.5) is 0 Å². The lowest BCUT2D eigenvalue weighted by Crippen LogP contribution is -2.28. The summed E-state index contributed by atoms with van der Waals surface area (Å²) in [5.74, 6) is -0.972. The maximum atomic E-state index is 11.4. The predicted molar refractivity (Wildman–Crippen MR) is 67.1 cm³/mol. The van der Waals surface area contributed by atoms with E-state index in [1.54, 1.807) is 24.3 Å². The molecule has 1 amide bonds. The van der Waals surface area contributed by atoms with Crippen LogP contribution in [0.2, 0.25) is 0 Å². The molecule has 5 N–H and O–H groups in total.